The topological polar surface area (TPSA) is 0 Å². The summed E-state index contributed by atoms with van der Waals surface area (Å²) in [5, 5.41) is 7.68. The van der Waals surface area contributed by atoms with Gasteiger partial charge in [-0.25, -0.2) is 0 Å². The number of benzene rings is 9. The largest absolute Gasteiger partial charge is 0.192 e. The molecule has 0 atom stereocenters. The lowest BCUT2D eigenvalue weighted by Crippen LogP contribution is -1.96. The lowest BCUT2D eigenvalue weighted by Gasteiger charge is -2.29. The van der Waals surface area contributed by atoms with Crippen LogP contribution in [0.4, 0.5) is 0 Å². The van der Waals surface area contributed by atoms with E-state index < -0.39 is 10.0 Å². The van der Waals surface area contributed by atoms with Crippen LogP contribution in [0.5, 0.6) is 0 Å². The third-order valence-electron chi connectivity index (χ3n) is 10.9. The second-order valence-electron chi connectivity index (χ2n) is 14.1. The van der Waals surface area contributed by atoms with Crippen LogP contribution in [0.3, 0.4) is 0 Å². The standard InChI is InChI=1S/C50H36S/c1-51(2)47-24-14-13-22-40(47)43-31-45-46(32-48(43)51)49(35-18-7-4-8-19-35)44-30-37(33-15-5-3-6-16-33)27-28-42(44)50(45)41-23-12-11-21-39(41)38-26-25-34-17-9-10-20-36(34)29-38/h3-32H,1-2H3. The maximum atomic E-state index is 2.57. The molecule has 242 valence electrons. The Kier molecular flexibility index (Phi) is 6.81. The molecule has 0 bridgehead atoms. The van der Waals surface area contributed by atoms with Crippen molar-refractivity contribution in [2.75, 3.05) is 12.5 Å². The number of fused-ring (bicyclic) bond motifs is 6. The molecule has 0 amide bonds. The van der Waals surface area contributed by atoms with Crippen molar-refractivity contribution in [1.82, 2.24) is 0 Å². The zero-order chi connectivity index (χ0) is 34.1. The van der Waals surface area contributed by atoms with Gasteiger partial charge in [-0.2, -0.15) is 10.0 Å². The highest BCUT2D eigenvalue weighted by atomic mass is 32.3. The molecule has 0 unspecified atom stereocenters. The van der Waals surface area contributed by atoms with Gasteiger partial charge in [0.2, 0.25) is 0 Å². The Balaban J connectivity index is 1.38. The van der Waals surface area contributed by atoms with Gasteiger partial charge in [-0.1, -0.05) is 152 Å². The summed E-state index contributed by atoms with van der Waals surface area (Å²) in [6.45, 7) is 0. The van der Waals surface area contributed by atoms with Gasteiger partial charge in [0, 0.05) is 9.79 Å². The predicted molar refractivity (Wildman–Crippen MR) is 222 cm³/mol. The zero-order valence-electron chi connectivity index (χ0n) is 28.7. The van der Waals surface area contributed by atoms with Crippen molar-refractivity contribution in [1.29, 1.82) is 0 Å². The molecule has 1 heteroatoms. The summed E-state index contributed by atoms with van der Waals surface area (Å²) in [5.74, 6) is 0. The Hall–Kier alpha value is -5.89. The van der Waals surface area contributed by atoms with Crippen molar-refractivity contribution >= 4 is 42.3 Å². The van der Waals surface area contributed by atoms with Crippen LogP contribution in [-0.2, 0) is 0 Å². The maximum absolute atomic E-state index is 2.57. The Morgan fingerprint density at radius 2 is 0.882 bits per heavy atom. The summed E-state index contributed by atoms with van der Waals surface area (Å²) in [6.07, 6.45) is 4.94. The van der Waals surface area contributed by atoms with Gasteiger partial charge < -0.3 is 0 Å². The van der Waals surface area contributed by atoms with Gasteiger partial charge in [0.15, 0.2) is 0 Å². The molecule has 9 aromatic carbocycles. The van der Waals surface area contributed by atoms with Crippen molar-refractivity contribution in [2.45, 2.75) is 9.79 Å². The van der Waals surface area contributed by atoms with E-state index in [9.17, 15) is 0 Å². The van der Waals surface area contributed by atoms with Crippen LogP contribution in [0.1, 0.15) is 0 Å². The molecule has 0 saturated heterocycles. The fraction of sp³-hybridized carbons (Fsp3) is 0.0400. The molecule has 1 aliphatic heterocycles. The lowest BCUT2D eigenvalue weighted by atomic mass is 9.82. The zero-order valence-corrected chi connectivity index (χ0v) is 29.5. The average molecular weight is 669 g/mol. The van der Waals surface area contributed by atoms with E-state index in [1.54, 1.807) is 0 Å². The molecular weight excluding hydrogens is 633 g/mol. The van der Waals surface area contributed by atoms with Crippen molar-refractivity contribution in [2.24, 2.45) is 0 Å². The highest BCUT2D eigenvalue weighted by Gasteiger charge is 2.33. The minimum atomic E-state index is -1.21. The molecule has 0 N–H and O–H groups in total. The molecular formula is C50H36S. The van der Waals surface area contributed by atoms with E-state index in [1.165, 1.54) is 97.7 Å². The van der Waals surface area contributed by atoms with Gasteiger partial charge in [0.25, 0.3) is 0 Å². The molecule has 1 heterocycles. The van der Waals surface area contributed by atoms with Crippen LogP contribution in [0.15, 0.2) is 192 Å². The normalized spacial score (nSPS) is 13.7. The monoisotopic (exact) mass is 668 g/mol. The van der Waals surface area contributed by atoms with Crippen molar-refractivity contribution in [3.8, 4) is 55.6 Å². The molecule has 0 fully saturated rings. The molecule has 9 aromatic rings. The van der Waals surface area contributed by atoms with Crippen LogP contribution < -0.4 is 0 Å². The van der Waals surface area contributed by atoms with Crippen molar-refractivity contribution in [3.63, 3.8) is 0 Å². The second kappa shape index (κ2) is 11.6. The minimum Gasteiger partial charge on any atom is -0.192 e. The first-order valence-corrected chi connectivity index (χ1v) is 20.1. The Morgan fingerprint density at radius 3 is 1.67 bits per heavy atom. The summed E-state index contributed by atoms with van der Waals surface area (Å²) in [7, 11) is -1.21. The third kappa shape index (κ3) is 4.69. The summed E-state index contributed by atoms with van der Waals surface area (Å²) < 4.78 is 0. The first kappa shape index (κ1) is 30.0. The van der Waals surface area contributed by atoms with E-state index in [1.807, 2.05) is 0 Å². The number of hydrogen-bond acceptors (Lipinski definition) is 0. The summed E-state index contributed by atoms with van der Waals surface area (Å²) in [6, 6.07) is 67.8. The molecule has 0 radical (unpaired) electrons. The van der Waals surface area contributed by atoms with Gasteiger partial charge in [-0.05, 0) is 131 Å². The van der Waals surface area contributed by atoms with E-state index in [0.717, 1.165) is 0 Å². The van der Waals surface area contributed by atoms with Gasteiger partial charge in [0.1, 0.15) is 0 Å². The van der Waals surface area contributed by atoms with Crippen LogP contribution in [-0.4, -0.2) is 12.5 Å². The van der Waals surface area contributed by atoms with E-state index in [2.05, 4.69) is 195 Å². The third-order valence-corrected chi connectivity index (χ3v) is 13.8. The Bertz CT molecular complexity index is 2810. The van der Waals surface area contributed by atoms with Gasteiger partial charge >= 0.3 is 0 Å². The molecule has 1 aliphatic rings. The fourth-order valence-corrected chi connectivity index (χ4v) is 11.0. The van der Waals surface area contributed by atoms with E-state index in [0.29, 0.717) is 0 Å². The summed E-state index contributed by atoms with van der Waals surface area (Å²) in [5.41, 5.74) is 12.8. The van der Waals surface area contributed by atoms with Crippen LogP contribution in [0.2, 0.25) is 0 Å². The van der Waals surface area contributed by atoms with Gasteiger partial charge in [-0.15, -0.1) is 0 Å². The van der Waals surface area contributed by atoms with Crippen molar-refractivity contribution in [3.05, 3.63) is 182 Å². The predicted octanol–water partition coefficient (Wildman–Crippen LogP) is 14.3. The Morgan fingerprint density at radius 1 is 0.294 bits per heavy atom. The van der Waals surface area contributed by atoms with Gasteiger partial charge in [-0.3, -0.25) is 0 Å². The minimum absolute atomic E-state index is 1.21. The highest BCUT2D eigenvalue weighted by Crippen LogP contribution is 2.68. The second-order valence-corrected chi connectivity index (χ2v) is 17.6. The molecule has 0 aromatic heterocycles. The van der Waals surface area contributed by atoms with E-state index in [-0.39, 0.29) is 0 Å². The quantitative estimate of drug-likeness (QED) is 0.164. The molecule has 0 aliphatic carbocycles. The maximum Gasteiger partial charge on any atom is 0.00219 e. The Labute approximate surface area is 301 Å². The van der Waals surface area contributed by atoms with E-state index >= 15 is 0 Å². The van der Waals surface area contributed by atoms with E-state index in [4.69, 9.17) is 0 Å². The molecule has 0 spiro atoms. The molecule has 0 nitrogen and oxygen atoms in total. The van der Waals surface area contributed by atoms with Crippen LogP contribution in [0.25, 0.3) is 88.0 Å². The number of rotatable bonds is 4. The van der Waals surface area contributed by atoms with Crippen LogP contribution >= 0.6 is 10.0 Å². The molecule has 0 saturated carbocycles. The number of hydrogen-bond donors (Lipinski definition) is 0. The SMILES string of the molecule is CS1(C)c2ccccc2-c2cc3c(-c4ccccc4-c4ccc5ccccc5c4)c4ccc(-c5ccccc5)cc4c(-c4ccccc4)c3cc21. The fourth-order valence-electron chi connectivity index (χ4n) is 8.46. The van der Waals surface area contributed by atoms with Crippen LogP contribution in [0, 0.1) is 0 Å². The summed E-state index contributed by atoms with van der Waals surface area (Å²) in [4.78, 5) is 2.95. The summed E-state index contributed by atoms with van der Waals surface area (Å²) >= 11 is 0. The smallest absolute Gasteiger partial charge is 0.00219 e. The first-order valence-electron chi connectivity index (χ1n) is 17.7. The highest BCUT2D eigenvalue weighted by molar-refractivity contribution is 8.33. The molecule has 51 heavy (non-hydrogen) atoms. The van der Waals surface area contributed by atoms with Gasteiger partial charge in [0.05, 0.1) is 0 Å². The average Bonchev–Trinajstić information content (AvgIpc) is 3.41. The molecule has 10 rings (SSSR count). The van der Waals surface area contributed by atoms with Crippen molar-refractivity contribution < 1.29 is 0 Å². The first-order chi connectivity index (χ1) is 25.1. The lowest BCUT2D eigenvalue weighted by molar-refractivity contribution is 1.46.